The molecule has 6 heteroatoms. The molecule has 1 aromatic heterocycles. The molecule has 29 heavy (non-hydrogen) atoms. The van der Waals surface area contributed by atoms with Crippen LogP contribution in [0, 0.1) is 0 Å². The van der Waals surface area contributed by atoms with Crippen LogP contribution in [0.1, 0.15) is 30.4 Å². The van der Waals surface area contributed by atoms with Crippen molar-refractivity contribution in [3.63, 3.8) is 0 Å². The smallest absolute Gasteiger partial charge is 0.306 e. The van der Waals surface area contributed by atoms with Gasteiger partial charge in [-0.2, -0.15) is 0 Å². The minimum atomic E-state index is -0.0667. The first-order chi connectivity index (χ1) is 14.1. The lowest BCUT2D eigenvalue weighted by atomic mass is 10.1. The van der Waals surface area contributed by atoms with Gasteiger partial charge in [0.05, 0.1) is 6.42 Å². The van der Waals surface area contributed by atoms with E-state index >= 15 is 0 Å². The molecule has 0 radical (unpaired) electrons. The number of esters is 1. The van der Waals surface area contributed by atoms with Crippen molar-refractivity contribution < 1.29 is 14.1 Å². The fourth-order valence-electron chi connectivity index (χ4n) is 2.99. The summed E-state index contributed by atoms with van der Waals surface area (Å²) in [5.74, 6) is 1.92. The zero-order valence-corrected chi connectivity index (χ0v) is 18.8. The first-order valence-electron chi connectivity index (χ1n) is 9.98. The maximum Gasteiger partial charge on any atom is 0.306 e. The zero-order chi connectivity index (χ0) is 20.5. The van der Waals surface area contributed by atoms with E-state index < -0.39 is 0 Å². The Bertz CT molecular complexity index is 799. The quantitative estimate of drug-likeness (QED) is 0.345. The van der Waals surface area contributed by atoms with Gasteiger partial charge in [-0.05, 0) is 29.7 Å². The molecular weight excluding hydrogens is 400 g/mol. The Kier molecular flexibility index (Phi) is 8.50. The van der Waals surface area contributed by atoms with E-state index in [0.717, 1.165) is 36.5 Å². The zero-order valence-electron chi connectivity index (χ0n) is 17.1. The molecule has 0 aliphatic carbocycles. The lowest BCUT2D eigenvalue weighted by molar-refractivity contribution is -0.697. The van der Waals surface area contributed by atoms with Gasteiger partial charge in [0.1, 0.15) is 12.6 Å². The fourth-order valence-corrected chi connectivity index (χ4v) is 5.34. The van der Waals surface area contributed by atoms with E-state index in [1.54, 1.807) is 10.8 Å². The molecule has 154 valence electrons. The van der Waals surface area contributed by atoms with E-state index in [0.29, 0.717) is 6.42 Å². The molecule has 0 amide bonds. The topological polar surface area (TPSA) is 33.4 Å². The predicted molar refractivity (Wildman–Crippen MR) is 125 cm³/mol. The Morgan fingerprint density at radius 1 is 1.10 bits per heavy atom. The van der Waals surface area contributed by atoms with Gasteiger partial charge in [-0.1, -0.05) is 45.9 Å². The van der Waals surface area contributed by atoms with Gasteiger partial charge in [0, 0.05) is 49.8 Å². The molecule has 1 saturated heterocycles. The Labute approximate surface area is 181 Å². The highest BCUT2D eigenvalue weighted by atomic mass is 33.1. The lowest BCUT2D eigenvalue weighted by Gasteiger charge is -2.20. The number of aromatic nitrogens is 1. The van der Waals surface area contributed by atoms with E-state index in [9.17, 15) is 4.79 Å². The number of aryl methyl sites for hydroxylation is 1. The van der Waals surface area contributed by atoms with Crippen molar-refractivity contribution in [1.82, 2.24) is 0 Å². The Morgan fingerprint density at radius 3 is 2.41 bits per heavy atom. The second-order valence-electron chi connectivity index (χ2n) is 7.30. The minimum Gasteiger partial charge on any atom is -0.461 e. The monoisotopic (exact) mass is 429 g/mol. The second kappa shape index (κ2) is 11.3. The molecule has 3 rings (SSSR count). The van der Waals surface area contributed by atoms with Crippen molar-refractivity contribution in [3.05, 3.63) is 59.9 Å². The van der Waals surface area contributed by atoms with Crippen LogP contribution < -0.4 is 9.47 Å². The summed E-state index contributed by atoms with van der Waals surface area (Å²) < 4.78 is 7.66. The summed E-state index contributed by atoms with van der Waals surface area (Å²) in [6, 6.07) is 12.7. The molecule has 0 N–H and O–H groups in total. The van der Waals surface area contributed by atoms with E-state index in [2.05, 4.69) is 70.4 Å². The summed E-state index contributed by atoms with van der Waals surface area (Å²) in [6.45, 7) is 0.820. The van der Waals surface area contributed by atoms with Gasteiger partial charge in [-0.25, -0.2) is 4.57 Å². The number of benzene rings is 1. The standard InChI is InChI=1S/C23H29N2O2S2/c1-24(2)21-9-7-19(8-10-21)5-6-20-11-15-25(16-12-20)14-3-4-23(26)27-22-13-17-28-29-18-22/h5-12,15-16,22H,3-4,13-14,17-18H2,1-2H3/q+1. The van der Waals surface area contributed by atoms with Crippen molar-refractivity contribution >= 4 is 45.4 Å². The van der Waals surface area contributed by atoms with Gasteiger partial charge in [-0.15, -0.1) is 0 Å². The van der Waals surface area contributed by atoms with Gasteiger partial charge in [0.25, 0.3) is 0 Å². The van der Waals surface area contributed by atoms with Crippen LogP contribution in [0.15, 0.2) is 48.8 Å². The highest BCUT2D eigenvalue weighted by Gasteiger charge is 2.18. The van der Waals surface area contributed by atoms with Crippen molar-refractivity contribution in [2.75, 3.05) is 30.5 Å². The number of carbonyl (C=O) groups excluding carboxylic acids is 1. The molecule has 1 unspecified atom stereocenters. The van der Waals surface area contributed by atoms with Crippen molar-refractivity contribution in [2.24, 2.45) is 0 Å². The van der Waals surface area contributed by atoms with Crippen LogP contribution in [0.5, 0.6) is 0 Å². The first-order valence-corrected chi connectivity index (χ1v) is 12.5. The summed E-state index contributed by atoms with van der Waals surface area (Å²) in [7, 11) is 7.75. The third-order valence-corrected chi connectivity index (χ3v) is 7.24. The number of rotatable bonds is 8. The van der Waals surface area contributed by atoms with E-state index in [4.69, 9.17) is 4.74 Å². The van der Waals surface area contributed by atoms with Crippen LogP contribution in [0.2, 0.25) is 0 Å². The number of pyridine rings is 1. The number of anilines is 1. The highest BCUT2D eigenvalue weighted by Crippen LogP contribution is 2.30. The SMILES string of the molecule is CN(C)c1ccc(/C=C/c2cc[n+](CCCC(=O)OC3CCSSC3)cc2)cc1. The molecule has 4 nitrogen and oxygen atoms in total. The van der Waals surface area contributed by atoms with Crippen LogP contribution in [0.4, 0.5) is 5.69 Å². The minimum absolute atomic E-state index is 0.0667. The van der Waals surface area contributed by atoms with E-state index in [1.807, 2.05) is 24.9 Å². The number of nitrogens with zero attached hydrogens (tertiary/aromatic N) is 2. The Balaban J connectivity index is 1.41. The van der Waals surface area contributed by atoms with Gasteiger partial charge in [0.2, 0.25) is 0 Å². The van der Waals surface area contributed by atoms with Gasteiger partial charge >= 0.3 is 5.97 Å². The Hall–Kier alpha value is -1.92. The molecule has 1 aliphatic heterocycles. The summed E-state index contributed by atoms with van der Waals surface area (Å²) in [5.41, 5.74) is 3.54. The average molecular weight is 430 g/mol. The number of ether oxygens (including phenoxy) is 1. The summed E-state index contributed by atoms with van der Waals surface area (Å²) in [5, 5.41) is 0. The molecule has 2 aromatic rings. The number of carbonyl (C=O) groups is 1. The van der Waals surface area contributed by atoms with Crippen LogP contribution in [0.25, 0.3) is 12.2 Å². The molecule has 1 aliphatic rings. The summed E-state index contributed by atoms with van der Waals surface area (Å²) in [6.07, 6.45) is 10.7. The van der Waals surface area contributed by atoms with Crippen molar-refractivity contribution in [2.45, 2.75) is 31.9 Å². The molecule has 0 spiro atoms. The summed E-state index contributed by atoms with van der Waals surface area (Å²) in [4.78, 5) is 14.1. The van der Waals surface area contributed by atoms with Crippen LogP contribution in [0.3, 0.4) is 0 Å². The normalized spacial score (nSPS) is 16.7. The fraction of sp³-hybridized carbons (Fsp3) is 0.391. The average Bonchev–Trinajstić information content (AvgIpc) is 2.74. The lowest BCUT2D eigenvalue weighted by Crippen LogP contribution is -2.33. The third-order valence-electron chi connectivity index (χ3n) is 4.75. The largest absolute Gasteiger partial charge is 0.461 e. The Morgan fingerprint density at radius 2 is 1.79 bits per heavy atom. The maximum atomic E-state index is 12.0. The first kappa shape index (κ1) is 21.8. The van der Waals surface area contributed by atoms with Gasteiger partial charge in [0.15, 0.2) is 12.4 Å². The molecule has 2 heterocycles. The predicted octanol–water partition coefficient (Wildman–Crippen LogP) is 4.69. The molecule has 1 atom stereocenters. The molecule has 1 aromatic carbocycles. The number of hydrogen-bond donors (Lipinski definition) is 0. The molecular formula is C23H29N2O2S2+. The van der Waals surface area contributed by atoms with E-state index in [-0.39, 0.29) is 12.1 Å². The second-order valence-corrected chi connectivity index (χ2v) is 9.93. The van der Waals surface area contributed by atoms with Crippen LogP contribution in [-0.4, -0.2) is 37.7 Å². The van der Waals surface area contributed by atoms with Crippen molar-refractivity contribution in [1.29, 1.82) is 0 Å². The maximum absolute atomic E-state index is 12.0. The van der Waals surface area contributed by atoms with Crippen LogP contribution in [-0.2, 0) is 16.1 Å². The highest BCUT2D eigenvalue weighted by molar-refractivity contribution is 8.76. The number of hydrogen-bond acceptors (Lipinski definition) is 5. The van der Waals surface area contributed by atoms with Crippen LogP contribution >= 0.6 is 21.6 Å². The van der Waals surface area contributed by atoms with Gasteiger partial charge in [-0.3, -0.25) is 4.79 Å². The third kappa shape index (κ3) is 7.44. The van der Waals surface area contributed by atoms with Gasteiger partial charge < -0.3 is 9.64 Å². The summed E-state index contributed by atoms with van der Waals surface area (Å²) >= 11 is 0. The van der Waals surface area contributed by atoms with E-state index in [1.165, 1.54) is 11.3 Å². The van der Waals surface area contributed by atoms with Crippen molar-refractivity contribution in [3.8, 4) is 0 Å². The molecule has 1 fully saturated rings. The molecule has 0 saturated carbocycles. The molecule has 0 bridgehead atoms.